The standard InChI is InChI=1S/C37H44N12O7/c1-43-17-28(41-32(30(43)31(38)51)40-22-11-39-44(2)15-22)46-9-3-4-24(16-46)48-20-37(56-36(48)55)18-45(19-37)12-21-13-47(14-21)23-5-6-25-26(10-23)35(54)49(34(25)53)27-7-8-29(50)42-33(27)52/h5-6,10-11,15,17,21,24,27,30H,3-4,7-9,12-14,16,18-20H2,1-2H3,(H2,38,51)(H,40,41)(H,42,50,52). The Balaban J connectivity index is 0.775. The maximum absolute atomic E-state index is 13.3. The first-order valence-electron chi connectivity index (χ1n) is 19.0. The number of benzene rings is 1. The summed E-state index contributed by atoms with van der Waals surface area (Å²) in [6.45, 7) is 5.57. The largest absolute Gasteiger partial charge is 0.438 e. The van der Waals surface area contributed by atoms with Crippen molar-refractivity contribution in [1.29, 1.82) is 0 Å². The Morgan fingerprint density at radius 2 is 1.80 bits per heavy atom. The molecule has 1 spiro atoms. The molecule has 7 aliphatic heterocycles. The highest BCUT2D eigenvalue weighted by Gasteiger charge is 2.55. The zero-order valence-electron chi connectivity index (χ0n) is 31.2. The number of aromatic nitrogens is 2. The number of carbonyl (C=O) groups is 6. The van der Waals surface area contributed by atoms with Gasteiger partial charge in [0.1, 0.15) is 17.7 Å². The number of anilines is 2. The van der Waals surface area contributed by atoms with Crippen LogP contribution in [0.15, 0.2) is 47.6 Å². The summed E-state index contributed by atoms with van der Waals surface area (Å²) < 4.78 is 7.70. The van der Waals surface area contributed by atoms with E-state index in [-0.39, 0.29) is 36.1 Å². The number of rotatable bonds is 8. The second kappa shape index (κ2) is 13.3. The molecule has 6 amide bonds. The summed E-state index contributed by atoms with van der Waals surface area (Å²) >= 11 is 0. The number of amides is 6. The Kier molecular flexibility index (Phi) is 8.51. The fourth-order valence-electron chi connectivity index (χ4n) is 9.21. The number of hydrogen-bond donors (Lipinski definition) is 3. The van der Waals surface area contributed by atoms with Crippen LogP contribution in [0.3, 0.4) is 0 Å². The van der Waals surface area contributed by atoms with Crippen molar-refractivity contribution >= 4 is 52.8 Å². The number of nitrogens with two attached hydrogens (primary N) is 1. The van der Waals surface area contributed by atoms with E-state index in [1.54, 1.807) is 48.2 Å². The van der Waals surface area contributed by atoms with Crippen molar-refractivity contribution in [2.24, 2.45) is 23.7 Å². The number of ether oxygens (including phenoxy) is 1. The highest BCUT2D eigenvalue weighted by molar-refractivity contribution is 6.23. The van der Waals surface area contributed by atoms with Crippen molar-refractivity contribution < 1.29 is 33.5 Å². The molecule has 9 rings (SSSR count). The highest BCUT2D eigenvalue weighted by Crippen LogP contribution is 2.38. The Morgan fingerprint density at radius 1 is 1.02 bits per heavy atom. The van der Waals surface area contributed by atoms with Crippen LogP contribution >= 0.6 is 0 Å². The minimum atomic E-state index is -0.995. The van der Waals surface area contributed by atoms with Crippen molar-refractivity contribution in [2.75, 3.05) is 69.6 Å². The molecule has 5 saturated heterocycles. The van der Waals surface area contributed by atoms with Gasteiger partial charge in [0.2, 0.25) is 17.7 Å². The molecule has 0 bridgehead atoms. The number of aryl methyl sites for hydroxylation is 1. The van der Waals surface area contributed by atoms with Crippen molar-refractivity contribution in [3.8, 4) is 0 Å². The Bertz CT molecular complexity index is 2100. The fourth-order valence-corrected chi connectivity index (χ4v) is 9.21. The molecule has 0 radical (unpaired) electrons. The minimum absolute atomic E-state index is 0.0551. The third-order valence-corrected chi connectivity index (χ3v) is 11.9. The molecule has 294 valence electrons. The van der Waals surface area contributed by atoms with Gasteiger partial charge in [-0.15, -0.1) is 0 Å². The lowest BCUT2D eigenvalue weighted by molar-refractivity contribution is -0.136. The number of piperidine rings is 2. The number of carbonyl (C=O) groups excluding carboxylic acids is 6. The molecule has 8 heterocycles. The quantitative estimate of drug-likeness (QED) is 0.285. The van der Waals surface area contributed by atoms with E-state index in [4.69, 9.17) is 15.5 Å². The summed E-state index contributed by atoms with van der Waals surface area (Å²) in [5.41, 5.74) is 7.28. The van der Waals surface area contributed by atoms with Crippen LogP contribution in [0.5, 0.6) is 0 Å². The molecule has 0 saturated carbocycles. The molecule has 3 atom stereocenters. The molecule has 3 unspecified atom stereocenters. The van der Waals surface area contributed by atoms with Gasteiger partial charge in [0.05, 0.1) is 35.6 Å². The zero-order valence-corrected chi connectivity index (χ0v) is 31.2. The number of likely N-dealkylation sites (tertiary alicyclic amines) is 2. The van der Waals surface area contributed by atoms with E-state index in [1.807, 2.05) is 17.2 Å². The number of imide groups is 2. The van der Waals surface area contributed by atoms with Crippen LogP contribution in [-0.4, -0.2) is 159 Å². The monoisotopic (exact) mass is 768 g/mol. The van der Waals surface area contributed by atoms with Gasteiger partial charge < -0.3 is 30.5 Å². The number of likely N-dealkylation sites (N-methyl/N-ethyl adjacent to an activating group) is 1. The van der Waals surface area contributed by atoms with Gasteiger partial charge in [-0.1, -0.05) is 0 Å². The molecule has 0 aliphatic carbocycles. The smallest absolute Gasteiger partial charge is 0.410 e. The second-order valence-electron chi connectivity index (χ2n) is 16.0. The fraction of sp³-hybridized carbons (Fsp3) is 0.514. The van der Waals surface area contributed by atoms with Crippen molar-refractivity contribution in [2.45, 2.75) is 49.4 Å². The van der Waals surface area contributed by atoms with E-state index in [2.05, 4.69) is 30.4 Å². The van der Waals surface area contributed by atoms with Crippen LogP contribution in [0.4, 0.5) is 16.2 Å². The minimum Gasteiger partial charge on any atom is -0.438 e. The molecule has 19 heteroatoms. The predicted octanol–water partition coefficient (Wildman–Crippen LogP) is -0.663. The number of hydrogen-bond acceptors (Lipinski definition) is 14. The predicted molar refractivity (Wildman–Crippen MR) is 199 cm³/mol. The van der Waals surface area contributed by atoms with Crippen molar-refractivity contribution in [3.05, 3.63) is 53.7 Å². The van der Waals surface area contributed by atoms with Gasteiger partial charge in [-0.3, -0.25) is 48.7 Å². The lowest BCUT2D eigenvalue weighted by Gasteiger charge is -2.50. The Hall–Kier alpha value is -5.98. The number of aliphatic imine (C=N–C) groups is 1. The number of amidine groups is 1. The van der Waals surface area contributed by atoms with Gasteiger partial charge in [-0.2, -0.15) is 5.10 Å². The summed E-state index contributed by atoms with van der Waals surface area (Å²) in [4.78, 5) is 92.2. The average molecular weight is 769 g/mol. The van der Waals surface area contributed by atoms with E-state index in [0.717, 1.165) is 49.6 Å². The summed E-state index contributed by atoms with van der Waals surface area (Å²) in [7, 11) is 3.60. The van der Waals surface area contributed by atoms with Crippen LogP contribution in [0.2, 0.25) is 0 Å². The van der Waals surface area contributed by atoms with Crippen LogP contribution in [0.25, 0.3) is 0 Å². The Morgan fingerprint density at radius 3 is 2.54 bits per heavy atom. The molecular weight excluding hydrogens is 724 g/mol. The van der Waals surface area contributed by atoms with Crippen LogP contribution < -0.4 is 21.3 Å². The van der Waals surface area contributed by atoms with Gasteiger partial charge in [0, 0.05) is 90.3 Å². The Labute approximate surface area is 322 Å². The lowest BCUT2D eigenvalue weighted by Crippen LogP contribution is -2.66. The molecular formula is C37H44N12O7. The zero-order chi connectivity index (χ0) is 39.0. The first kappa shape index (κ1) is 35.7. The lowest BCUT2D eigenvalue weighted by atomic mass is 9.89. The molecule has 5 fully saturated rings. The molecule has 1 aromatic carbocycles. The van der Waals surface area contributed by atoms with E-state index in [9.17, 15) is 28.8 Å². The number of nitrogens with zero attached hydrogens (tertiary/aromatic N) is 9. The molecule has 1 aromatic heterocycles. The van der Waals surface area contributed by atoms with Gasteiger partial charge >= 0.3 is 6.09 Å². The summed E-state index contributed by atoms with van der Waals surface area (Å²) in [6, 6.07) is 3.38. The maximum atomic E-state index is 13.3. The molecule has 7 aliphatic rings. The van der Waals surface area contributed by atoms with E-state index >= 15 is 0 Å². The van der Waals surface area contributed by atoms with E-state index < -0.39 is 47.2 Å². The van der Waals surface area contributed by atoms with Gasteiger partial charge in [0.15, 0.2) is 11.6 Å². The third-order valence-electron chi connectivity index (χ3n) is 11.9. The average Bonchev–Trinajstić information content (AvgIpc) is 3.78. The first-order valence-corrected chi connectivity index (χ1v) is 19.0. The van der Waals surface area contributed by atoms with Gasteiger partial charge in [-0.05, 0) is 37.5 Å². The number of nitrogens with one attached hydrogen (secondary N) is 2. The van der Waals surface area contributed by atoms with E-state index in [1.165, 1.54) is 0 Å². The topological polar surface area (TPSA) is 211 Å². The third kappa shape index (κ3) is 6.18. The highest BCUT2D eigenvalue weighted by atomic mass is 16.6. The maximum Gasteiger partial charge on any atom is 0.410 e. The van der Waals surface area contributed by atoms with Gasteiger partial charge in [-0.25, -0.2) is 9.79 Å². The van der Waals surface area contributed by atoms with Crippen LogP contribution in [-0.2, 0) is 26.2 Å². The van der Waals surface area contributed by atoms with Crippen LogP contribution in [0.1, 0.15) is 46.4 Å². The summed E-state index contributed by atoms with van der Waals surface area (Å²) in [5.74, 6) is -1.12. The van der Waals surface area contributed by atoms with Crippen molar-refractivity contribution in [3.63, 3.8) is 0 Å². The SMILES string of the molecule is CN1C=C(N2CCCC(N3CC4(CN(CC5CN(c6ccc7c(c6)C(=O)N(C6CCC(=O)NC6=O)C7=O)C5)C4)OC3=O)C2)N=C(Nc2cnn(C)c2)C1C(N)=O. The molecule has 19 nitrogen and oxygen atoms in total. The van der Waals surface area contributed by atoms with Crippen molar-refractivity contribution in [1.82, 2.24) is 39.6 Å². The van der Waals surface area contributed by atoms with Gasteiger partial charge in [0.25, 0.3) is 11.8 Å². The molecule has 56 heavy (non-hydrogen) atoms. The molecule has 2 aromatic rings. The normalized spacial score (nSPS) is 26.5. The number of primary amides is 1. The molecule has 4 N–H and O–H groups in total. The summed E-state index contributed by atoms with van der Waals surface area (Å²) in [6.07, 6.45) is 6.87. The second-order valence-corrected chi connectivity index (χ2v) is 16.0. The van der Waals surface area contributed by atoms with Crippen LogP contribution in [0, 0.1) is 5.92 Å². The summed E-state index contributed by atoms with van der Waals surface area (Å²) in [5, 5.41) is 9.63. The number of fused-ring (bicyclic) bond motifs is 1. The first-order chi connectivity index (χ1) is 26.8. The van der Waals surface area contributed by atoms with E-state index in [0.29, 0.717) is 49.4 Å².